The lowest BCUT2D eigenvalue weighted by molar-refractivity contribution is -0.787. The summed E-state index contributed by atoms with van der Waals surface area (Å²) in [7, 11) is -7.10. The molecule has 0 unspecified atom stereocenters. The third kappa shape index (κ3) is 12.6. The molecule has 2 aromatic carbocycles. The summed E-state index contributed by atoms with van der Waals surface area (Å²) in [6.45, 7) is 14.8. The Hall–Kier alpha value is -2.88. The number of nitrogens with zero attached hydrogens (tertiary/aromatic N) is 2. The van der Waals surface area contributed by atoms with Crippen molar-refractivity contribution < 1.29 is 47.3 Å². The molecule has 1 fully saturated rings. The molecule has 1 aliphatic heterocycles. The molecule has 0 atom stereocenters. The third-order valence-corrected chi connectivity index (χ3v) is 10.3. The lowest BCUT2D eigenvalue weighted by Gasteiger charge is -2.21. The smallest absolute Gasteiger partial charge is 0.243 e. The van der Waals surface area contributed by atoms with Gasteiger partial charge in [-0.05, 0) is 61.1 Å². The van der Waals surface area contributed by atoms with Crippen LogP contribution in [0.2, 0.25) is 0 Å². The molecule has 2 aromatic rings. The Morgan fingerprint density at radius 2 is 0.818 bits per heavy atom. The third-order valence-electron chi connectivity index (χ3n) is 6.50. The molecular weight excluding hydrogens is 608 g/mol. The number of nitrogens with two attached hydrogens (primary N) is 2. The molecule has 1 saturated heterocycles. The summed E-state index contributed by atoms with van der Waals surface area (Å²) < 4.78 is 52.3. The van der Waals surface area contributed by atoms with E-state index in [1.165, 1.54) is 83.3 Å². The molecule has 1 heterocycles. The van der Waals surface area contributed by atoms with Gasteiger partial charge in [0.25, 0.3) is 0 Å². The molecule has 248 valence electrons. The monoisotopic (exact) mass is 656 g/mol. The van der Waals surface area contributed by atoms with Gasteiger partial charge in [0.2, 0.25) is 20.0 Å². The fourth-order valence-electron chi connectivity index (χ4n) is 4.29. The first-order valence-electron chi connectivity index (χ1n) is 15.1. The molecule has 0 spiro atoms. The standard InChI is InChI=1S/2C13H19NO4S.C4H10N2/c2*1-3-9-14(10-4-2)19(17,18)12-7-5-11(6-8-12)13(15)16;1-2-6-4-3-5-1/h2*5-8H,3-4,9-10H2,1-2H3,(H,15,16);5-6H,1-4H2. The molecule has 0 aromatic heterocycles. The van der Waals surface area contributed by atoms with Crippen LogP contribution in [0.15, 0.2) is 58.3 Å². The number of quaternary nitrogens is 2. The normalized spacial score (nSPS) is 13.4. The van der Waals surface area contributed by atoms with Gasteiger partial charge in [-0.3, -0.25) is 0 Å². The van der Waals surface area contributed by atoms with Gasteiger partial charge in [0.15, 0.2) is 0 Å². The fraction of sp³-hybridized carbons (Fsp3) is 0.533. The molecule has 1 aliphatic rings. The Kier molecular flexibility index (Phi) is 18.0. The molecule has 0 bridgehead atoms. The number of piperazine rings is 1. The molecule has 14 heteroatoms. The molecule has 0 amide bonds. The highest BCUT2D eigenvalue weighted by molar-refractivity contribution is 7.89. The quantitative estimate of drug-likeness (QED) is 0.255. The van der Waals surface area contributed by atoms with Gasteiger partial charge >= 0.3 is 0 Å². The number of rotatable bonds is 14. The van der Waals surface area contributed by atoms with Crippen molar-refractivity contribution >= 4 is 32.0 Å². The molecular formula is C30H48N4O8S2. The number of sulfonamides is 2. The van der Waals surface area contributed by atoms with E-state index in [1.807, 2.05) is 27.7 Å². The van der Waals surface area contributed by atoms with E-state index in [0.29, 0.717) is 26.2 Å². The molecule has 0 saturated carbocycles. The Balaban J connectivity index is 0.000000369. The van der Waals surface area contributed by atoms with Crippen LogP contribution in [-0.4, -0.2) is 89.7 Å². The van der Waals surface area contributed by atoms with Crippen molar-refractivity contribution in [3.05, 3.63) is 59.7 Å². The van der Waals surface area contributed by atoms with Crippen molar-refractivity contribution in [3.8, 4) is 0 Å². The lowest BCUT2D eigenvalue weighted by Crippen LogP contribution is -3.04. The minimum atomic E-state index is -3.55. The van der Waals surface area contributed by atoms with Gasteiger partial charge in [0.05, 0.1) is 21.7 Å². The van der Waals surface area contributed by atoms with E-state index >= 15 is 0 Å². The molecule has 12 nitrogen and oxygen atoms in total. The maximum absolute atomic E-state index is 12.4. The van der Waals surface area contributed by atoms with Crippen LogP contribution in [0.3, 0.4) is 0 Å². The number of carbonyl (C=O) groups excluding carboxylic acids is 2. The highest BCUT2D eigenvalue weighted by Gasteiger charge is 2.23. The van der Waals surface area contributed by atoms with Crippen LogP contribution < -0.4 is 20.8 Å². The summed E-state index contributed by atoms with van der Waals surface area (Å²) in [6, 6.07) is 10.2. The van der Waals surface area contributed by atoms with Gasteiger partial charge in [-0.2, -0.15) is 8.61 Å². The minimum absolute atomic E-state index is 0.0310. The Morgan fingerprint density at radius 1 is 0.568 bits per heavy atom. The van der Waals surface area contributed by atoms with Crippen LogP contribution in [-0.2, 0) is 20.0 Å². The topological polar surface area (TPSA) is 188 Å². The largest absolute Gasteiger partial charge is 0.545 e. The van der Waals surface area contributed by atoms with Crippen molar-refractivity contribution in [2.24, 2.45) is 0 Å². The van der Waals surface area contributed by atoms with Gasteiger partial charge in [-0.1, -0.05) is 52.0 Å². The van der Waals surface area contributed by atoms with Gasteiger partial charge in [0.1, 0.15) is 26.2 Å². The van der Waals surface area contributed by atoms with E-state index in [4.69, 9.17) is 0 Å². The minimum Gasteiger partial charge on any atom is -0.545 e. The van der Waals surface area contributed by atoms with Crippen molar-refractivity contribution in [2.75, 3.05) is 52.4 Å². The average molecular weight is 657 g/mol. The van der Waals surface area contributed by atoms with Crippen molar-refractivity contribution in [1.82, 2.24) is 8.61 Å². The number of benzene rings is 2. The summed E-state index contributed by atoms with van der Waals surface area (Å²) in [4.78, 5) is 21.5. The van der Waals surface area contributed by atoms with Crippen LogP contribution in [0, 0.1) is 0 Å². The Labute approximate surface area is 262 Å². The van der Waals surface area contributed by atoms with Crippen LogP contribution in [0.5, 0.6) is 0 Å². The van der Waals surface area contributed by atoms with E-state index in [2.05, 4.69) is 10.6 Å². The number of carbonyl (C=O) groups is 2. The zero-order chi connectivity index (χ0) is 33.2. The number of carboxylic acid groups (broad SMARTS) is 2. The maximum atomic E-state index is 12.4. The van der Waals surface area contributed by atoms with Crippen LogP contribution in [0.4, 0.5) is 0 Å². The first-order chi connectivity index (χ1) is 20.9. The lowest BCUT2D eigenvalue weighted by atomic mass is 10.2. The van der Waals surface area contributed by atoms with E-state index in [-0.39, 0.29) is 20.9 Å². The predicted octanol–water partition coefficient (Wildman–Crippen LogP) is -1.15. The van der Waals surface area contributed by atoms with E-state index in [0.717, 1.165) is 25.7 Å². The molecule has 4 N–H and O–H groups in total. The SMILES string of the molecule is C1C[NH2+]CC[NH2+]1.CCCN(CCC)S(=O)(=O)c1ccc(C(=O)[O-])cc1.CCCN(CCC)S(=O)(=O)c1ccc(C(=O)[O-])cc1. The molecule has 0 aliphatic carbocycles. The van der Waals surface area contributed by atoms with Gasteiger partial charge in [-0.15, -0.1) is 0 Å². The Morgan fingerprint density at radius 3 is 1.00 bits per heavy atom. The molecule has 3 rings (SSSR count). The maximum Gasteiger partial charge on any atom is 0.243 e. The van der Waals surface area contributed by atoms with Crippen LogP contribution >= 0.6 is 0 Å². The van der Waals surface area contributed by atoms with Crippen molar-refractivity contribution in [2.45, 2.75) is 63.2 Å². The molecule has 0 radical (unpaired) electrons. The summed E-state index contributed by atoms with van der Waals surface area (Å²) in [5.41, 5.74) is -0.0621. The first-order valence-corrected chi connectivity index (χ1v) is 18.0. The number of carboxylic acids is 2. The predicted molar refractivity (Wildman–Crippen MR) is 164 cm³/mol. The zero-order valence-electron chi connectivity index (χ0n) is 26.2. The highest BCUT2D eigenvalue weighted by atomic mass is 32.2. The van der Waals surface area contributed by atoms with Gasteiger partial charge in [0, 0.05) is 26.2 Å². The summed E-state index contributed by atoms with van der Waals surface area (Å²) in [6.07, 6.45) is 2.93. The highest BCUT2D eigenvalue weighted by Crippen LogP contribution is 2.18. The number of hydrogen-bond acceptors (Lipinski definition) is 8. The first kappa shape index (κ1) is 39.1. The fourth-order valence-corrected chi connectivity index (χ4v) is 7.53. The number of aromatic carboxylic acids is 2. The second-order valence-corrected chi connectivity index (χ2v) is 14.0. The van der Waals surface area contributed by atoms with Crippen molar-refractivity contribution in [3.63, 3.8) is 0 Å². The van der Waals surface area contributed by atoms with Crippen molar-refractivity contribution in [1.29, 1.82) is 0 Å². The van der Waals surface area contributed by atoms with Crippen LogP contribution in [0.1, 0.15) is 74.1 Å². The Bertz CT molecular complexity index is 1220. The molecule has 44 heavy (non-hydrogen) atoms. The van der Waals surface area contributed by atoms with Crippen LogP contribution in [0.25, 0.3) is 0 Å². The summed E-state index contributed by atoms with van der Waals surface area (Å²) in [5, 5.41) is 26.0. The zero-order valence-corrected chi connectivity index (χ0v) is 27.9. The second kappa shape index (κ2) is 20.2. The van der Waals surface area contributed by atoms with Gasteiger partial charge in [-0.25, -0.2) is 16.8 Å². The summed E-state index contributed by atoms with van der Waals surface area (Å²) in [5.74, 6) is -2.63. The van der Waals surface area contributed by atoms with E-state index < -0.39 is 32.0 Å². The van der Waals surface area contributed by atoms with E-state index in [1.54, 1.807) is 0 Å². The second-order valence-electron chi connectivity index (χ2n) is 10.2. The summed E-state index contributed by atoms with van der Waals surface area (Å²) >= 11 is 0. The van der Waals surface area contributed by atoms with E-state index in [9.17, 15) is 36.6 Å². The van der Waals surface area contributed by atoms with Gasteiger partial charge < -0.3 is 30.4 Å². The number of hydrogen-bond donors (Lipinski definition) is 2. The average Bonchev–Trinajstić information content (AvgIpc) is 3.02.